The number of hydrogen-bond donors (Lipinski definition) is 6. The van der Waals surface area contributed by atoms with E-state index < -0.39 is 5.91 Å². The van der Waals surface area contributed by atoms with Crippen molar-refractivity contribution in [1.29, 1.82) is 16.2 Å². The van der Waals surface area contributed by atoms with Gasteiger partial charge >= 0.3 is 0 Å². The van der Waals surface area contributed by atoms with Crippen LogP contribution in [0.2, 0.25) is 10.0 Å². The molecule has 2 aromatic carbocycles. The first-order valence-corrected chi connectivity index (χ1v) is 10.5. The Labute approximate surface area is 195 Å². The van der Waals surface area contributed by atoms with Gasteiger partial charge in [0.25, 0.3) is 5.91 Å². The first-order valence-electron chi connectivity index (χ1n) is 9.27. The Balaban J connectivity index is 1.74. The zero-order chi connectivity index (χ0) is 22.7. The van der Waals surface area contributed by atoms with Crippen molar-refractivity contribution in [2.75, 3.05) is 22.9 Å². The van der Waals surface area contributed by atoms with Crippen molar-refractivity contribution < 1.29 is 4.79 Å². The lowest BCUT2D eigenvalue weighted by molar-refractivity contribution is 0.0940. The number of rotatable bonds is 7. The fourth-order valence-corrected chi connectivity index (χ4v) is 4.53. The number of carbonyl (C=O) groups excluding carboxylic acids is 1. The maximum Gasteiger partial charge on any atom is 0.254 e. The molecule has 1 unspecified atom stereocenters. The number of hydrogen-bond acceptors (Lipinski definition) is 6. The molecule has 1 atom stereocenters. The molecular weight excluding hydrogens is 457 g/mol. The van der Waals surface area contributed by atoms with Crippen molar-refractivity contribution in [2.45, 2.75) is 17.4 Å². The summed E-state index contributed by atoms with van der Waals surface area (Å²) in [6.07, 6.45) is 2.60. The molecule has 0 aromatic heterocycles. The second kappa shape index (κ2) is 9.59. The SMILES string of the molecule is N=CN(C=N)c1cc(Cl)c(C(=O)NC2CCN(c3cccc(C(=N)N)c3S)C2)c(Cl)c1. The largest absolute Gasteiger partial charge is 0.384 e. The van der Waals surface area contributed by atoms with Crippen LogP contribution in [0.1, 0.15) is 22.3 Å². The second-order valence-electron chi connectivity index (χ2n) is 6.94. The molecule has 8 nitrogen and oxygen atoms in total. The molecule has 2 aromatic rings. The van der Waals surface area contributed by atoms with Gasteiger partial charge in [0, 0.05) is 29.6 Å². The van der Waals surface area contributed by atoms with Crippen LogP contribution in [0.15, 0.2) is 35.2 Å². The predicted molar refractivity (Wildman–Crippen MR) is 129 cm³/mol. The third kappa shape index (κ3) is 4.79. The smallest absolute Gasteiger partial charge is 0.254 e. The molecular formula is C20H21Cl2N7OS. The van der Waals surface area contributed by atoms with E-state index in [1.165, 1.54) is 17.0 Å². The lowest BCUT2D eigenvalue weighted by Gasteiger charge is -2.22. The van der Waals surface area contributed by atoms with Gasteiger partial charge in [-0.25, -0.2) is 0 Å². The van der Waals surface area contributed by atoms with Gasteiger partial charge in [-0.2, -0.15) is 0 Å². The van der Waals surface area contributed by atoms with Gasteiger partial charge in [-0.1, -0.05) is 35.3 Å². The molecule has 1 amide bonds. The van der Waals surface area contributed by atoms with E-state index in [2.05, 4.69) is 22.8 Å². The molecule has 31 heavy (non-hydrogen) atoms. The normalized spacial score (nSPS) is 15.5. The molecule has 0 saturated carbocycles. The van der Waals surface area contributed by atoms with Crippen molar-refractivity contribution in [3.05, 3.63) is 51.5 Å². The van der Waals surface area contributed by atoms with Gasteiger partial charge in [0.15, 0.2) is 0 Å². The van der Waals surface area contributed by atoms with E-state index in [1.807, 2.05) is 12.1 Å². The quantitative estimate of drug-likeness (QED) is 0.206. The molecule has 11 heteroatoms. The average molecular weight is 478 g/mol. The number of nitrogen functional groups attached to an aromatic ring is 1. The molecule has 1 fully saturated rings. The van der Waals surface area contributed by atoms with Crippen molar-refractivity contribution >= 4 is 71.6 Å². The van der Waals surface area contributed by atoms with Gasteiger partial charge in [0.05, 0.1) is 39.7 Å². The zero-order valence-electron chi connectivity index (χ0n) is 16.3. The number of anilines is 2. The van der Waals surface area contributed by atoms with Crippen molar-refractivity contribution in [3.63, 3.8) is 0 Å². The number of amidine groups is 1. The first-order chi connectivity index (χ1) is 14.8. The van der Waals surface area contributed by atoms with E-state index >= 15 is 0 Å². The van der Waals surface area contributed by atoms with E-state index in [0.29, 0.717) is 35.7 Å². The number of benzene rings is 2. The number of thiol groups is 1. The van der Waals surface area contributed by atoms with E-state index in [4.69, 9.17) is 45.2 Å². The maximum absolute atomic E-state index is 12.9. The summed E-state index contributed by atoms with van der Waals surface area (Å²) in [6, 6.07) is 8.32. The van der Waals surface area contributed by atoms with Crippen LogP contribution in [-0.2, 0) is 0 Å². The van der Waals surface area contributed by atoms with Crippen LogP contribution in [0, 0.1) is 16.2 Å². The lowest BCUT2D eigenvalue weighted by atomic mass is 10.1. The highest BCUT2D eigenvalue weighted by Gasteiger charge is 2.27. The van der Waals surface area contributed by atoms with Crippen molar-refractivity contribution in [1.82, 2.24) is 5.32 Å². The monoisotopic (exact) mass is 477 g/mol. The van der Waals surface area contributed by atoms with Gasteiger partial charge in [0.1, 0.15) is 5.84 Å². The molecule has 3 rings (SSSR count). The van der Waals surface area contributed by atoms with Crippen LogP contribution in [0.4, 0.5) is 11.4 Å². The van der Waals surface area contributed by atoms with Crippen LogP contribution < -0.4 is 20.9 Å². The maximum atomic E-state index is 12.9. The fraction of sp³-hybridized carbons (Fsp3) is 0.200. The summed E-state index contributed by atoms with van der Waals surface area (Å²) in [5.74, 6) is -0.443. The third-order valence-corrected chi connectivity index (χ3v) is 6.07. The average Bonchev–Trinajstić information content (AvgIpc) is 3.16. The molecule has 6 N–H and O–H groups in total. The number of halogens is 2. The number of nitrogens with zero attached hydrogens (tertiary/aromatic N) is 2. The summed E-state index contributed by atoms with van der Waals surface area (Å²) in [6.45, 7) is 1.26. The Bertz CT molecular complexity index is 1030. The summed E-state index contributed by atoms with van der Waals surface area (Å²) in [4.78, 5) is 16.8. The Morgan fingerprint density at radius 2 is 1.90 bits per heavy atom. The number of nitrogens with one attached hydrogen (secondary N) is 4. The molecule has 1 saturated heterocycles. The molecule has 0 spiro atoms. The summed E-state index contributed by atoms with van der Waals surface area (Å²) in [5.41, 5.74) is 7.60. The Hall–Kier alpha value is -2.75. The highest BCUT2D eigenvalue weighted by molar-refractivity contribution is 7.80. The standard InChI is InChI=1S/C20H21Cl2N7OS/c21-14-6-12(29(9-23)10-24)7-15(22)17(14)20(30)27-11-4-5-28(8-11)16-3-1-2-13(18(16)31)19(25)26/h1-3,6-7,9-11,23-24,31H,4-5,8H2,(H3,25,26)(H,27,30). The Morgan fingerprint density at radius 3 is 2.48 bits per heavy atom. The van der Waals surface area contributed by atoms with Crippen molar-refractivity contribution in [3.8, 4) is 0 Å². The van der Waals surface area contributed by atoms with Gasteiger partial charge < -0.3 is 16.0 Å². The summed E-state index contributed by atoms with van der Waals surface area (Å²) in [5, 5.41) is 25.6. The number of nitrogens with two attached hydrogens (primary N) is 1. The minimum absolute atomic E-state index is 0.0479. The van der Waals surface area contributed by atoms with Crippen LogP contribution in [0.25, 0.3) is 0 Å². The van der Waals surface area contributed by atoms with Gasteiger partial charge in [-0.05, 0) is 24.6 Å². The molecule has 1 heterocycles. The number of carbonyl (C=O) groups is 1. The highest BCUT2D eigenvalue weighted by atomic mass is 35.5. The Morgan fingerprint density at radius 1 is 1.26 bits per heavy atom. The summed E-state index contributed by atoms with van der Waals surface area (Å²) < 4.78 is 0. The predicted octanol–water partition coefficient (Wildman–Crippen LogP) is 3.60. The van der Waals surface area contributed by atoms with Gasteiger partial charge in [-0.15, -0.1) is 12.6 Å². The molecule has 1 aliphatic rings. The topological polar surface area (TPSA) is 133 Å². The number of amides is 1. The highest BCUT2D eigenvalue weighted by Crippen LogP contribution is 2.32. The van der Waals surface area contributed by atoms with Crippen LogP contribution in [-0.4, -0.2) is 43.6 Å². The molecule has 0 radical (unpaired) electrons. The van der Waals surface area contributed by atoms with Gasteiger partial charge in [0.2, 0.25) is 0 Å². The molecule has 0 bridgehead atoms. The van der Waals surface area contributed by atoms with E-state index in [1.54, 1.807) is 6.07 Å². The van der Waals surface area contributed by atoms with E-state index in [9.17, 15) is 4.79 Å². The first kappa shape index (κ1) is 22.9. The lowest BCUT2D eigenvalue weighted by Crippen LogP contribution is -2.37. The third-order valence-electron chi connectivity index (χ3n) is 5.00. The van der Waals surface area contributed by atoms with Gasteiger partial charge in [-0.3, -0.25) is 25.9 Å². The molecule has 1 aliphatic heterocycles. The fourth-order valence-electron chi connectivity index (χ4n) is 3.47. The molecule has 0 aliphatic carbocycles. The summed E-state index contributed by atoms with van der Waals surface area (Å²) >= 11 is 17.1. The van der Waals surface area contributed by atoms with Crippen molar-refractivity contribution in [2.24, 2.45) is 5.73 Å². The van der Waals surface area contributed by atoms with Crippen LogP contribution in [0.3, 0.4) is 0 Å². The van der Waals surface area contributed by atoms with E-state index in [0.717, 1.165) is 18.4 Å². The summed E-state index contributed by atoms with van der Waals surface area (Å²) in [7, 11) is 0. The Kier molecular flexibility index (Phi) is 7.09. The second-order valence-corrected chi connectivity index (χ2v) is 8.20. The van der Waals surface area contributed by atoms with E-state index in [-0.39, 0.29) is 27.5 Å². The minimum atomic E-state index is -0.395. The zero-order valence-corrected chi connectivity index (χ0v) is 18.7. The molecule has 162 valence electrons. The minimum Gasteiger partial charge on any atom is -0.384 e. The van der Waals surface area contributed by atoms with Crippen LogP contribution in [0.5, 0.6) is 0 Å². The van der Waals surface area contributed by atoms with Crippen LogP contribution >= 0.6 is 35.8 Å².